The first-order chi connectivity index (χ1) is 6.28. The maximum Gasteiger partial charge on any atom is 0.306 e. The van der Waals surface area contributed by atoms with E-state index in [1.54, 1.807) is 0 Å². The van der Waals surface area contributed by atoms with Gasteiger partial charge in [0.2, 0.25) is 0 Å². The lowest BCUT2D eigenvalue weighted by atomic mass is 9.85. The van der Waals surface area contributed by atoms with Gasteiger partial charge in [0.25, 0.3) is 0 Å². The monoisotopic (exact) mass is 207 g/mol. The van der Waals surface area contributed by atoms with E-state index >= 15 is 0 Å². The fourth-order valence-corrected chi connectivity index (χ4v) is 1.42. The quantitative estimate of drug-likeness (QED) is 0.309. The van der Waals surface area contributed by atoms with Gasteiger partial charge in [-0.3, -0.25) is 10.5 Å². The molecule has 0 aromatic heterocycles. The zero-order valence-corrected chi connectivity index (χ0v) is 7.38. The molecule has 1 heterocycles. The van der Waals surface area contributed by atoms with Gasteiger partial charge in [-0.25, -0.2) is 0 Å². The second-order valence-corrected chi connectivity index (χ2v) is 3.56. The average Bonchev–Trinajstić information content (AvgIpc) is 1.98. The van der Waals surface area contributed by atoms with Crippen LogP contribution in [0.1, 0.15) is 6.42 Å². The molecule has 0 spiro atoms. The second-order valence-electron chi connectivity index (χ2n) is 3.56. The summed E-state index contributed by atoms with van der Waals surface area (Å²) in [5.41, 5.74) is 1.03. The molecular formula is C7H13NO6. The van der Waals surface area contributed by atoms with Gasteiger partial charge in [0.05, 0.1) is 19.6 Å². The van der Waals surface area contributed by atoms with Crippen LogP contribution in [0.5, 0.6) is 0 Å². The lowest BCUT2D eigenvalue weighted by molar-refractivity contribution is -0.250. The van der Waals surface area contributed by atoms with Crippen molar-refractivity contribution in [2.24, 2.45) is 5.73 Å². The summed E-state index contributed by atoms with van der Waals surface area (Å²) in [4.78, 5) is 10.4. The van der Waals surface area contributed by atoms with Crippen molar-refractivity contribution in [2.75, 3.05) is 13.2 Å². The maximum absolute atomic E-state index is 10.4. The molecule has 0 bridgehead atoms. The smallest absolute Gasteiger partial charge is 0.306 e. The number of carboxylic acids is 1. The van der Waals surface area contributed by atoms with Crippen LogP contribution in [0.25, 0.3) is 0 Å². The van der Waals surface area contributed by atoms with Crippen molar-refractivity contribution in [1.82, 2.24) is 0 Å². The number of nitrogens with two attached hydrogens (primary N) is 1. The normalized spacial score (nSPS) is 43.6. The number of ether oxygens (including phenoxy) is 1. The van der Waals surface area contributed by atoms with Gasteiger partial charge in [-0.2, -0.15) is 0 Å². The molecule has 0 unspecified atom stereocenters. The van der Waals surface area contributed by atoms with Crippen LogP contribution in [0.3, 0.4) is 0 Å². The third-order valence-corrected chi connectivity index (χ3v) is 2.13. The molecular weight excluding hydrogens is 194 g/mol. The molecule has 1 rings (SSSR count). The Bertz CT molecular complexity index is 242. The summed E-state index contributed by atoms with van der Waals surface area (Å²) in [5.74, 6) is -1.31. The van der Waals surface area contributed by atoms with Gasteiger partial charge in [0.15, 0.2) is 5.72 Å². The first-order valence-corrected chi connectivity index (χ1v) is 3.99. The second kappa shape index (κ2) is 3.44. The van der Waals surface area contributed by atoms with Gasteiger partial charge in [-0.05, 0) is 0 Å². The van der Waals surface area contributed by atoms with Crippen LogP contribution in [0.15, 0.2) is 0 Å². The highest BCUT2D eigenvalue weighted by atomic mass is 16.5. The number of carbonyl (C=O) groups is 1. The van der Waals surface area contributed by atoms with E-state index in [9.17, 15) is 20.1 Å². The Labute approximate surface area is 79.7 Å². The van der Waals surface area contributed by atoms with E-state index in [4.69, 9.17) is 15.6 Å². The molecule has 6 N–H and O–H groups in total. The van der Waals surface area contributed by atoms with Gasteiger partial charge in [0, 0.05) is 0 Å². The largest absolute Gasteiger partial charge is 0.481 e. The number of aliphatic hydroxyl groups is 3. The Morgan fingerprint density at radius 2 is 2.07 bits per heavy atom. The van der Waals surface area contributed by atoms with Gasteiger partial charge in [-0.1, -0.05) is 0 Å². The third kappa shape index (κ3) is 2.02. The summed E-state index contributed by atoms with van der Waals surface area (Å²) in [7, 11) is 0. The van der Waals surface area contributed by atoms with Crippen LogP contribution < -0.4 is 5.73 Å². The Hall–Kier alpha value is -0.730. The molecule has 0 radical (unpaired) electrons. The SMILES string of the molecule is N[C@]1(O)COC[C@](O)(CC(=O)O)[C@H]1O. The van der Waals surface area contributed by atoms with Crippen LogP contribution in [0.2, 0.25) is 0 Å². The van der Waals surface area contributed by atoms with Crippen LogP contribution >= 0.6 is 0 Å². The average molecular weight is 207 g/mol. The van der Waals surface area contributed by atoms with Crippen molar-refractivity contribution in [2.45, 2.75) is 23.9 Å². The highest BCUT2D eigenvalue weighted by Crippen LogP contribution is 2.27. The fraction of sp³-hybridized carbons (Fsp3) is 0.857. The minimum atomic E-state index is -2.12. The van der Waals surface area contributed by atoms with Crippen LogP contribution in [-0.4, -0.2) is 57.0 Å². The third-order valence-electron chi connectivity index (χ3n) is 2.13. The van der Waals surface area contributed by atoms with Crippen LogP contribution in [-0.2, 0) is 9.53 Å². The first-order valence-electron chi connectivity index (χ1n) is 3.99. The molecule has 0 aromatic rings. The van der Waals surface area contributed by atoms with E-state index in [1.165, 1.54) is 0 Å². The fourth-order valence-electron chi connectivity index (χ4n) is 1.42. The summed E-state index contributed by atoms with van der Waals surface area (Å²) in [6.45, 7) is -0.726. The summed E-state index contributed by atoms with van der Waals surface area (Å²) in [5, 5.41) is 36.9. The molecule has 1 aliphatic heterocycles. The molecule has 7 heteroatoms. The summed E-state index contributed by atoms with van der Waals surface area (Å²) < 4.78 is 4.72. The van der Waals surface area contributed by atoms with Crippen LogP contribution in [0, 0.1) is 0 Å². The molecule has 82 valence electrons. The van der Waals surface area contributed by atoms with E-state index in [-0.39, 0.29) is 13.2 Å². The first kappa shape index (κ1) is 11.3. The Morgan fingerprint density at radius 1 is 1.50 bits per heavy atom. The number of aliphatic hydroxyl groups excluding tert-OH is 1. The van der Waals surface area contributed by atoms with Crippen molar-refractivity contribution in [1.29, 1.82) is 0 Å². The van der Waals surface area contributed by atoms with Crippen molar-refractivity contribution in [3.05, 3.63) is 0 Å². The highest BCUT2D eigenvalue weighted by molar-refractivity contribution is 5.68. The van der Waals surface area contributed by atoms with E-state index in [1.807, 2.05) is 0 Å². The predicted octanol–water partition coefficient (Wildman–Crippen LogP) is -2.77. The lowest BCUT2D eigenvalue weighted by Crippen LogP contribution is -2.69. The Morgan fingerprint density at radius 3 is 2.57 bits per heavy atom. The number of carboxylic acid groups (broad SMARTS) is 1. The van der Waals surface area contributed by atoms with Crippen molar-refractivity contribution >= 4 is 5.97 Å². The Balaban J connectivity index is 2.82. The predicted molar refractivity (Wildman–Crippen MR) is 43.2 cm³/mol. The van der Waals surface area contributed by atoms with Crippen molar-refractivity contribution < 1.29 is 30.0 Å². The zero-order chi connectivity index (χ0) is 11.0. The standard InChI is InChI=1S/C7H13NO6/c8-7(13)3-14-2-6(12,5(7)11)1-4(9)10/h5,11-13H,1-3,8H2,(H,9,10)/t5-,6-,7+/m1/s1. The summed E-state index contributed by atoms with van der Waals surface area (Å²) in [6, 6.07) is 0. The zero-order valence-electron chi connectivity index (χ0n) is 7.38. The summed E-state index contributed by atoms with van der Waals surface area (Å²) in [6.07, 6.45) is -2.49. The maximum atomic E-state index is 10.4. The molecule has 14 heavy (non-hydrogen) atoms. The van der Waals surface area contributed by atoms with E-state index in [0.29, 0.717) is 0 Å². The molecule has 1 saturated heterocycles. The lowest BCUT2D eigenvalue weighted by Gasteiger charge is -2.43. The molecule has 7 nitrogen and oxygen atoms in total. The number of aliphatic carboxylic acids is 1. The molecule has 0 aromatic carbocycles. The highest BCUT2D eigenvalue weighted by Gasteiger charge is 2.52. The topological polar surface area (TPSA) is 133 Å². The van der Waals surface area contributed by atoms with Gasteiger partial charge in [-0.15, -0.1) is 0 Å². The van der Waals surface area contributed by atoms with Crippen molar-refractivity contribution in [3.8, 4) is 0 Å². The Kier molecular flexibility index (Phi) is 2.79. The molecule has 1 fully saturated rings. The molecule has 1 aliphatic rings. The van der Waals surface area contributed by atoms with Crippen LogP contribution in [0.4, 0.5) is 0 Å². The molecule has 0 amide bonds. The number of hydrogen-bond donors (Lipinski definition) is 5. The van der Waals surface area contributed by atoms with E-state index < -0.39 is 29.8 Å². The van der Waals surface area contributed by atoms with Crippen molar-refractivity contribution in [3.63, 3.8) is 0 Å². The van der Waals surface area contributed by atoms with E-state index in [2.05, 4.69) is 0 Å². The number of hydrogen-bond acceptors (Lipinski definition) is 6. The number of rotatable bonds is 2. The molecule has 3 atom stereocenters. The van der Waals surface area contributed by atoms with E-state index in [0.717, 1.165) is 0 Å². The minimum Gasteiger partial charge on any atom is -0.481 e. The molecule has 0 saturated carbocycles. The minimum absolute atomic E-state index is 0.351. The molecule has 0 aliphatic carbocycles. The van der Waals surface area contributed by atoms with Gasteiger partial charge >= 0.3 is 5.97 Å². The summed E-state index contributed by atoms with van der Waals surface area (Å²) >= 11 is 0. The van der Waals surface area contributed by atoms with Gasteiger partial charge in [0.1, 0.15) is 11.7 Å². The van der Waals surface area contributed by atoms with Gasteiger partial charge < -0.3 is 25.2 Å².